The van der Waals surface area contributed by atoms with Crippen molar-refractivity contribution in [1.82, 2.24) is 14.5 Å². The van der Waals surface area contributed by atoms with Crippen molar-refractivity contribution in [3.8, 4) is 0 Å². The zero-order chi connectivity index (χ0) is 11.8. The first-order chi connectivity index (χ1) is 7.49. The van der Waals surface area contributed by atoms with Crippen molar-refractivity contribution < 1.29 is 8.42 Å². The summed E-state index contributed by atoms with van der Waals surface area (Å²) in [7, 11) is -1.78. The Bertz CT molecular complexity index is 467. The fourth-order valence-corrected chi connectivity index (χ4v) is 2.90. The predicted octanol–water partition coefficient (Wildman–Crippen LogP) is 0.716. The molecule has 7 heteroatoms. The molecule has 0 saturated heterocycles. The van der Waals surface area contributed by atoms with Crippen LogP contribution in [0, 0.1) is 5.92 Å². The Morgan fingerprint density at radius 3 is 2.88 bits per heavy atom. The summed E-state index contributed by atoms with van der Waals surface area (Å²) in [6.45, 7) is 0.281. The summed E-state index contributed by atoms with van der Waals surface area (Å²) in [5, 5.41) is 3.72. The minimum Gasteiger partial charge on any atom is -0.274 e. The Hall–Kier alpha value is -0.590. The SMILES string of the molecule is Cn1cc(S(=O)(=O)NCC(Cl)C2CC2)cn1. The Morgan fingerprint density at radius 1 is 1.69 bits per heavy atom. The minimum atomic E-state index is -3.46. The summed E-state index contributed by atoms with van der Waals surface area (Å²) in [5.74, 6) is 0.471. The molecular formula is C9H14ClN3O2S. The van der Waals surface area contributed by atoms with Gasteiger partial charge in [-0.05, 0) is 18.8 Å². The average Bonchev–Trinajstić information content (AvgIpc) is 2.98. The normalized spacial score (nSPS) is 18.6. The van der Waals surface area contributed by atoms with Crippen molar-refractivity contribution in [2.24, 2.45) is 13.0 Å². The minimum absolute atomic E-state index is 0.105. The number of hydrogen-bond donors (Lipinski definition) is 1. The van der Waals surface area contributed by atoms with Gasteiger partial charge in [-0.15, -0.1) is 11.6 Å². The van der Waals surface area contributed by atoms with Gasteiger partial charge >= 0.3 is 0 Å². The van der Waals surface area contributed by atoms with E-state index in [1.807, 2.05) is 0 Å². The fraction of sp³-hybridized carbons (Fsp3) is 0.667. The highest BCUT2D eigenvalue weighted by Gasteiger charge is 2.30. The van der Waals surface area contributed by atoms with E-state index in [0.29, 0.717) is 5.92 Å². The second kappa shape index (κ2) is 4.35. The molecule has 0 bridgehead atoms. The van der Waals surface area contributed by atoms with E-state index in [4.69, 9.17) is 11.6 Å². The van der Waals surface area contributed by atoms with Gasteiger partial charge in [-0.3, -0.25) is 4.68 Å². The lowest BCUT2D eigenvalue weighted by atomic mass is 10.3. The molecule has 0 aromatic carbocycles. The van der Waals surface area contributed by atoms with Gasteiger partial charge in [0.1, 0.15) is 4.90 Å². The molecule has 0 aliphatic heterocycles. The van der Waals surface area contributed by atoms with E-state index < -0.39 is 10.0 Å². The van der Waals surface area contributed by atoms with Gasteiger partial charge < -0.3 is 0 Å². The van der Waals surface area contributed by atoms with Crippen LogP contribution in [0.3, 0.4) is 0 Å². The summed E-state index contributed by atoms with van der Waals surface area (Å²) >= 11 is 6.03. The smallest absolute Gasteiger partial charge is 0.243 e. The number of aryl methyl sites for hydroxylation is 1. The lowest BCUT2D eigenvalue weighted by Crippen LogP contribution is -2.30. The van der Waals surface area contributed by atoms with Crippen LogP contribution in [0.5, 0.6) is 0 Å². The Kier molecular flexibility index (Phi) is 3.23. The maximum Gasteiger partial charge on any atom is 0.243 e. The van der Waals surface area contributed by atoms with Crippen molar-refractivity contribution in [2.75, 3.05) is 6.54 Å². The molecule has 1 saturated carbocycles. The van der Waals surface area contributed by atoms with Gasteiger partial charge in [-0.1, -0.05) is 0 Å². The molecule has 0 radical (unpaired) electrons. The van der Waals surface area contributed by atoms with E-state index in [1.54, 1.807) is 7.05 Å². The topological polar surface area (TPSA) is 64.0 Å². The highest BCUT2D eigenvalue weighted by atomic mass is 35.5. The number of sulfonamides is 1. The molecule has 1 N–H and O–H groups in total. The number of alkyl halides is 1. The summed E-state index contributed by atoms with van der Waals surface area (Å²) in [6, 6.07) is 0. The van der Waals surface area contributed by atoms with Crippen LogP contribution < -0.4 is 4.72 Å². The first-order valence-corrected chi connectivity index (χ1v) is 7.03. The summed E-state index contributed by atoms with van der Waals surface area (Å²) in [6.07, 6.45) is 4.98. The van der Waals surface area contributed by atoms with E-state index in [0.717, 1.165) is 12.8 Å². The van der Waals surface area contributed by atoms with Gasteiger partial charge in [0, 0.05) is 25.2 Å². The van der Waals surface area contributed by atoms with E-state index in [1.165, 1.54) is 17.1 Å². The van der Waals surface area contributed by atoms with Crippen molar-refractivity contribution in [1.29, 1.82) is 0 Å². The molecule has 1 aromatic heterocycles. The largest absolute Gasteiger partial charge is 0.274 e. The van der Waals surface area contributed by atoms with Gasteiger partial charge in [0.2, 0.25) is 10.0 Å². The van der Waals surface area contributed by atoms with Gasteiger partial charge in [0.25, 0.3) is 0 Å². The number of hydrogen-bond acceptors (Lipinski definition) is 3. The number of rotatable bonds is 5. The Labute approximate surface area is 99.8 Å². The molecule has 5 nitrogen and oxygen atoms in total. The number of aromatic nitrogens is 2. The van der Waals surface area contributed by atoms with Crippen molar-refractivity contribution in [3.63, 3.8) is 0 Å². The zero-order valence-corrected chi connectivity index (χ0v) is 10.5. The monoisotopic (exact) mass is 263 g/mol. The molecule has 0 spiro atoms. The van der Waals surface area contributed by atoms with Crippen molar-refractivity contribution >= 4 is 21.6 Å². The van der Waals surface area contributed by atoms with E-state index in [2.05, 4.69) is 9.82 Å². The molecular weight excluding hydrogens is 250 g/mol. The molecule has 1 aliphatic rings. The Morgan fingerprint density at radius 2 is 2.38 bits per heavy atom. The highest BCUT2D eigenvalue weighted by molar-refractivity contribution is 7.89. The third kappa shape index (κ3) is 2.75. The second-order valence-corrected chi connectivity index (χ2v) is 6.38. The quantitative estimate of drug-likeness (QED) is 0.796. The molecule has 1 unspecified atom stereocenters. The molecule has 1 atom stereocenters. The molecule has 2 rings (SSSR count). The maximum absolute atomic E-state index is 11.8. The average molecular weight is 264 g/mol. The molecule has 1 aliphatic carbocycles. The fourth-order valence-electron chi connectivity index (χ4n) is 1.43. The summed E-state index contributed by atoms with van der Waals surface area (Å²) < 4.78 is 27.5. The Balaban J connectivity index is 1.97. The van der Waals surface area contributed by atoms with E-state index >= 15 is 0 Å². The molecule has 90 valence electrons. The van der Waals surface area contributed by atoms with E-state index in [-0.39, 0.29) is 16.8 Å². The predicted molar refractivity (Wildman–Crippen MR) is 60.8 cm³/mol. The number of nitrogens with one attached hydrogen (secondary N) is 1. The molecule has 1 fully saturated rings. The zero-order valence-electron chi connectivity index (χ0n) is 8.93. The van der Waals surface area contributed by atoms with E-state index in [9.17, 15) is 8.42 Å². The van der Waals surface area contributed by atoms with Crippen LogP contribution >= 0.6 is 11.6 Å². The number of halogens is 1. The lowest BCUT2D eigenvalue weighted by molar-refractivity contribution is 0.576. The van der Waals surface area contributed by atoms with Crippen LogP contribution in [-0.4, -0.2) is 30.1 Å². The lowest BCUT2D eigenvalue weighted by Gasteiger charge is -2.08. The number of nitrogens with zero attached hydrogens (tertiary/aromatic N) is 2. The molecule has 16 heavy (non-hydrogen) atoms. The maximum atomic E-state index is 11.8. The first kappa shape index (κ1) is 11.9. The molecule has 1 heterocycles. The standard InChI is InChI=1S/C9H14ClN3O2S/c1-13-6-8(4-11-13)16(14,15)12-5-9(10)7-2-3-7/h4,6-7,9,12H,2-3,5H2,1H3. The van der Waals surface area contributed by atoms with Gasteiger partial charge in [0.05, 0.1) is 6.20 Å². The molecule has 0 amide bonds. The van der Waals surface area contributed by atoms with Crippen molar-refractivity contribution in [3.05, 3.63) is 12.4 Å². The van der Waals surface area contributed by atoms with Crippen LogP contribution in [0.2, 0.25) is 0 Å². The van der Waals surface area contributed by atoms with Gasteiger partial charge in [0.15, 0.2) is 0 Å². The summed E-state index contributed by atoms with van der Waals surface area (Å²) in [5.41, 5.74) is 0. The summed E-state index contributed by atoms with van der Waals surface area (Å²) in [4.78, 5) is 0.176. The van der Waals surface area contributed by atoms with Crippen LogP contribution in [0.1, 0.15) is 12.8 Å². The second-order valence-electron chi connectivity index (χ2n) is 4.06. The molecule has 1 aromatic rings. The van der Waals surface area contributed by atoms with Crippen molar-refractivity contribution in [2.45, 2.75) is 23.1 Å². The highest BCUT2D eigenvalue weighted by Crippen LogP contribution is 2.35. The van der Waals surface area contributed by atoms with Crippen LogP contribution in [0.15, 0.2) is 17.3 Å². The third-order valence-electron chi connectivity index (χ3n) is 2.59. The van der Waals surface area contributed by atoms with Crippen LogP contribution in [0.25, 0.3) is 0 Å². The van der Waals surface area contributed by atoms with Gasteiger partial charge in [-0.2, -0.15) is 5.10 Å². The van der Waals surface area contributed by atoms with Gasteiger partial charge in [-0.25, -0.2) is 13.1 Å². The van der Waals surface area contributed by atoms with Crippen LogP contribution in [-0.2, 0) is 17.1 Å². The first-order valence-electron chi connectivity index (χ1n) is 5.11. The van der Waals surface area contributed by atoms with Crippen LogP contribution in [0.4, 0.5) is 0 Å². The third-order valence-corrected chi connectivity index (χ3v) is 4.48.